The van der Waals surface area contributed by atoms with Crippen molar-refractivity contribution >= 4 is 23.2 Å². The number of nitrogens with zero attached hydrogens (tertiary/aromatic N) is 1. The SMILES string of the molecule is Cc1ccc(-n2c(=O)[nH]cc(C(=O)Nc3cccc(Cl)c3)c2=O)cc1C. The first kappa shape index (κ1) is 17.7. The van der Waals surface area contributed by atoms with E-state index in [9.17, 15) is 14.4 Å². The standard InChI is InChI=1S/C19H16ClN3O3/c1-11-6-7-15(8-12(11)2)23-18(25)16(10-21-19(23)26)17(24)22-14-5-3-4-13(20)9-14/h3-10H,1-2H3,(H,21,26)(H,22,24). The highest BCUT2D eigenvalue weighted by Gasteiger charge is 2.16. The van der Waals surface area contributed by atoms with Crippen LogP contribution >= 0.6 is 11.6 Å². The normalized spacial score (nSPS) is 10.6. The van der Waals surface area contributed by atoms with Crippen LogP contribution in [0.15, 0.2) is 58.3 Å². The molecule has 0 spiro atoms. The zero-order valence-corrected chi connectivity index (χ0v) is 14.9. The quantitative estimate of drug-likeness (QED) is 0.744. The molecule has 0 aliphatic rings. The van der Waals surface area contributed by atoms with Gasteiger partial charge in [-0.15, -0.1) is 0 Å². The Labute approximate surface area is 154 Å². The number of aromatic nitrogens is 2. The number of aromatic amines is 1. The minimum atomic E-state index is -0.698. The first-order valence-electron chi connectivity index (χ1n) is 7.86. The van der Waals surface area contributed by atoms with Gasteiger partial charge in [0.2, 0.25) is 0 Å². The number of anilines is 1. The lowest BCUT2D eigenvalue weighted by atomic mass is 10.1. The van der Waals surface area contributed by atoms with E-state index in [1.54, 1.807) is 36.4 Å². The van der Waals surface area contributed by atoms with Gasteiger partial charge in [0.15, 0.2) is 0 Å². The molecule has 0 atom stereocenters. The number of aryl methyl sites for hydroxylation is 2. The fraction of sp³-hybridized carbons (Fsp3) is 0.105. The number of H-pyrrole nitrogens is 1. The molecule has 7 heteroatoms. The Morgan fingerprint density at radius 1 is 1.08 bits per heavy atom. The topological polar surface area (TPSA) is 84.0 Å². The van der Waals surface area contributed by atoms with Gasteiger partial charge in [0.1, 0.15) is 5.56 Å². The number of halogens is 1. The molecule has 6 nitrogen and oxygen atoms in total. The van der Waals surface area contributed by atoms with Crippen LogP contribution in [0.25, 0.3) is 5.69 Å². The summed E-state index contributed by atoms with van der Waals surface area (Å²) in [5.41, 5.74) is 1.33. The van der Waals surface area contributed by atoms with Crippen molar-refractivity contribution in [1.29, 1.82) is 0 Å². The number of carbonyl (C=O) groups excluding carboxylic acids is 1. The average molecular weight is 370 g/mol. The van der Waals surface area contributed by atoms with E-state index in [1.807, 2.05) is 19.9 Å². The molecule has 132 valence electrons. The summed E-state index contributed by atoms with van der Waals surface area (Å²) in [5, 5.41) is 3.06. The number of rotatable bonds is 3. The first-order chi connectivity index (χ1) is 12.4. The highest BCUT2D eigenvalue weighted by molar-refractivity contribution is 6.30. The van der Waals surface area contributed by atoms with E-state index in [-0.39, 0.29) is 5.56 Å². The third-order valence-electron chi connectivity index (χ3n) is 4.05. The molecule has 2 N–H and O–H groups in total. The Balaban J connectivity index is 2.04. The molecular weight excluding hydrogens is 354 g/mol. The molecule has 0 unspecified atom stereocenters. The predicted octanol–water partition coefficient (Wildman–Crippen LogP) is 3.05. The van der Waals surface area contributed by atoms with Crippen LogP contribution in [-0.2, 0) is 0 Å². The van der Waals surface area contributed by atoms with E-state index >= 15 is 0 Å². The van der Waals surface area contributed by atoms with E-state index in [4.69, 9.17) is 11.6 Å². The van der Waals surface area contributed by atoms with E-state index in [2.05, 4.69) is 10.3 Å². The molecule has 1 aromatic heterocycles. The van der Waals surface area contributed by atoms with Gasteiger partial charge in [-0.3, -0.25) is 9.59 Å². The van der Waals surface area contributed by atoms with Crippen LogP contribution in [0.4, 0.5) is 5.69 Å². The Kier molecular flexibility index (Phi) is 4.77. The van der Waals surface area contributed by atoms with Gasteiger partial charge < -0.3 is 10.3 Å². The molecule has 0 fully saturated rings. The van der Waals surface area contributed by atoms with E-state index in [0.29, 0.717) is 16.4 Å². The second-order valence-electron chi connectivity index (χ2n) is 5.88. The maximum absolute atomic E-state index is 12.7. The lowest BCUT2D eigenvalue weighted by Gasteiger charge is -2.10. The van der Waals surface area contributed by atoms with Gasteiger partial charge in [-0.2, -0.15) is 0 Å². The molecule has 2 aromatic carbocycles. The van der Waals surface area contributed by atoms with Gasteiger partial charge in [-0.25, -0.2) is 9.36 Å². The largest absolute Gasteiger partial charge is 0.333 e. The Hall–Kier alpha value is -3.12. The van der Waals surface area contributed by atoms with Crippen molar-refractivity contribution in [3.63, 3.8) is 0 Å². The number of hydrogen-bond donors (Lipinski definition) is 2. The average Bonchev–Trinajstić information content (AvgIpc) is 2.58. The predicted molar refractivity (Wildman–Crippen MR) is 102 cm³/mol. The lowest BCUT2D eigenvalue weighted by Crippen LogP contribution is -2.38. The highest BCUT2D eigenvalue weighted by atomic mass is 35.5. The summed E-state index contributed by atoms with van der Waals surface area (Å²) in [6.07, 6.45) is 1.11. The van der Waals surface area contributed by atoms with Gasteiger partial charge in [-0.1, -0.05) is 23.7 Å². The highest BCUT2D eigenvalue weighted by Crippen LogP contribution is 2.15. The molecule has 0 radical (unpaired) electrons. The molecular formula is C19H16ClN3O3. The summed E-state index contributed by atoms with van der Waals surface area (Å²) < 4.78 is 0.944. The fourth-order valence-corrected chi connectivity index (χ4v) is 2.69. The van der Waals surface area contributed by atoms with Gasteiger partial charge in [-0.05, 0) is 55.3 Å². The van der Waals surface area contributed by atoms with Crippen LogP contribution < -0.4 is 16.6 Å². The molecule has 0 aliphatic heterocycles. The molecule has 0 aliphatic carbocycles. The maximum Gasteiger partial charge on any atom is 0.333 e. The third-order valence-corrected chi connectivity index (χ3v) is 4.29. The smallest absolute Gasteiger partial charge is 0.322 e. The van der Waals surface area contributed by atoms with Crippen molar-refractivity contribution in [3.05, 3.63) is 91.2 Å². The number of benzene rings is 2. The second-order valence-corrected chi connectivity index (χ2v) is 6.32. The maximum atomic E-state index is 12.7. The van der Waals surface area contributed by atoms with Crippen LogP contribution in [0.5, 0.6) is 0 Å². The second kappa shape index (κ2) is 7.01. The number of nitrogens with one attached hydrogen (secondary N) is 2. The summed E-state index contributed by atoms with van der Waals surface area (Å²) in [5.74, 6) is -0.633. The van der Waals surface area contributed by atoms with Gasteiger partial charge in [0, 0.05) is 16.9 Å². The summed E-state index contributed by atoms with van der Waals surface area (Å²) in [4.78, 5) is 39.8. The minimum absolute atomic E-state index is 0.178. The molecule has 1 heterocycles. The van der Waals surface area contributed by atoms with Crippen molar-refractivity contribution < 1.29 is 4.79 Å². The summed E-state index contributed by atoms with van der Waals surface area (Å²) in [7, 11) is 0. The van der Waals surface area contributed by atoms with Crippen LogP contribution in [0.3, 0.4) is 0 Å². The van der Waals surface area contributed by atoms with Crippen molar-refractivity contribution in [2.45, 2.75) is 13.8 Å². The molecule has 0 bridgehead atoms. The monoisotopic (exact) mass is 369 g/mol. The van der Waals surface area contributed by atoms with Gasteiger partial charge in [0.05, 0.1) is 5.69 Å². The van der Waals surface area contributed by atoms with E-state index < -0.39 is 17.2 Å². The molecule has 3 aromatic rings. The van der Waals surface area contributed by atoms with Crippen molar-refractivity contribution in [3.8, 4) is 5.69 Å². The Bertz CT molecular complexity index is 1120. The molecule has 1 amide bonds. The summed E-state index contributed by atoms with van der Waals surface area (Å²) in [6.45, 7) is 3.81. The van der Waals surface area contributed by atoms with Crippen molar-refractivity contribution in [2.24, 2.45) is 0 Å². The van der Waals surface area contributed by atoms with Crippen molar-refractivity contribution in [1.82, 2.24) is 9.55 Å². The molecule has 26 heavy (non-hydrogen) atoms. The Morgan fingerprint density at radius 3 is 2.54 bits per heavy atom. The zero-order chi connectivity index (χ0) is 18.8. The van der Waals surface area contributed by atoms with Crippen LogP contribution in [0.2, 0.25) is 5.02 Å². The summed E-state index contributed by atoms with van der Waals surface area (Å²) >= 11 is 5.89. The van der Waals surface area contributed by atoms with Crippen LogP contribution in [0, 0.1) is 13.8 Å². The van der Waals surface area contributed by atoms with Crippen LogP contribution in [-0.4, -0.2) is 15.5 Å². The number of hydrogen-bond acceptors (Lipinski definition) is 3. The minimum Gasteiger partial charge on any atom is -0.322 e. The first-order valence-corrected chi connectivity index (χ1v) is 8.24. The summed E-state index contributed by atoms with van der Waals surface area (Å²) in [6, 6.07) is 11.8. The number of amides is 1. The molecule has 0 saturated carbocycles. The van der Waals surface area contributed by atoms with E-state index in [0.717, 1.165) is 21.9 Å². The number of carbonyl (C=O) groups is 1. The lowest BCUT2D eigenvalue weighted by molar-refractivity contribution is 0.102. The Morgan fingerprint density at radius 2 is 1.85 bits per heavy atom. The van der Waals surface area contributed by atoms with Gasteiger partial charge in [0.25, 0.3) is 11.5 Å². The zero-order valence-electron chi connectivity index (χ0n) is 14.2. The van der Waals surface area contributed by atoms with Crippen LogP contribution in [0.1, 0.15) is 21.5 Å². The fourth-order valence-electron chi connectivity index (χ4n) is 2.50. The van der Waals surface area contributed by atoms with E-state index in [1.165, 1.54) is 0 Å². The van der Waals surface area contributed by atoms with Gasteiger partial charge >= 0.3 is 5.69 Å². The molecule has 3 rings (SSSR count). The molecule has 0 saturated heterocycles. The van der Waals surface area contributed by atoms with Crippen molar-refractivity contribution in [2.75, 3.05) is 5.32 Å². The third kappa shape index (κ3) is 3.45.